The third-order valence-electron chi connectivity index (χ3n) is 15.1. The van der Waals surface area contributed by atoms with Gasteiger partial charge in [-0.1, -0.05) is 211 Å². The van der Waals surface area contributed by atoms with Crippen LogP contribution in [0.5, 0.6) is 23.0 Å². The molecule has 14 aromatic rings. The van der Waals surface area contributed by atoms with Crippen LogP contribution in [0, 0.1) is 11.3 Å². The molecule has 6 N–H and O–H groups in total. The van der Waals surface area contributed by atoms with Crippen molar-refractivity contribution in [3.05, 3.63) is 340 Å². The van der Waals surface area contributed by atoms with Crippen LogP contribution >= 0.6 is 60.7 Å². The zero-order valence-corrected chi connectivity index (χ0v) is 55.0. The summed E-state index contributed by atoms with van der Waals surface area (Å²) in [4.78, 5) is 8.19. The Morgan fingerprint density at radius 2 is 0.726 bits per heavy atom. The Bertz CT molecular complexity index is 4450. The largest absolute Gasteiger partial charge is 0.748 e. The maximum absolute atomic E-state index is 10.4. The number of nitriles is 1. The molecule has 11 aromatic carbocycles. The second-order valence-corrected chi connectivity index (χ2v) is 22.4. The highest BCUT2D eigenvalue weighted by atomic mass is 35.5. The summed E-state index contributed by atoms with van der Waals surface area (Å²) in [5.41, 5.74) is 7.79. The normalized spacial score (nSPS) is 12.2. The molecule has 0 saturated heterocycles. The fourth-order valence-corrected chi connectivity index (χ4v) is 11.0. The van der Waals surface area contributed by atoms with E-state index in [0.717, 1.165) is 70.5 Å². The predicted octanol–water partition coefficient (Wildman–Crippen LogP) is 19.0. The van der Waals surface area contributed by atoms with Crippen LogP contribution in [0.3, 0.4) is 0 Å². The minimum atomic E-state index is -0.691. The van der Waals surface area contributed by atoms with Crippen molar-refractivity contribution in [2.75, 3.05) is 0 Å². The number of aromatic nitrogens is 3. The van der Waals surface area contributed by atoms with E-state index < -0.39 is 12.2 Å². The second kappa shape index (κ2) is 34.3. The first-order valence-electron chi connectivity index (χ1n) is 29.4. The van der Waals surface area contributed by atoms with Crippen molar-refractivity contribution in [2.45, 2.75) is 25.2 Å². The first-order chi connectivity index (χ1) is 45.3. The third-order valence-corrected chi connectivity index (χ3v) is 15.9. The number of nitrogens with zero attached hydrogens (tertiary/aromatic N) is 4. The number of phenols is 4. The van der Waals surface area contributed by atoms with Gasteiger partial charge in [0.15, 0.2) is 11.8 Å². The molecule has 1 aliphatic heterocycles. The number of pyridine rings is 3. The Morgan fingerprint density at radius 3 is 1.05 bits per heavy atom. The van der Waals surface area contributed by atoms with E-state index in [1.54, 1.807) is 111 Å². The van der Waals surface area contributed by atoms with E-state index in [1.807, 2.05) is 193 Å². The molecule has 15 rings (SSSR count). The van der Waals surface area contributed by atoms with Crippen LogP contribution in [0.4, 0.5) is 0 Å². The van der Waals surface area contributed by atoms with Gasteiger partial charge < -0.3 is 35.3 Å². The van der Waals surface area contributed by atoms with Crippen LogP contribution in [-0.4, -0.2) is 48.2 Å². The summed E-state index contributed by atoms with van der Waals surface area (Å²) in [6.45, 7) is 1.43. The van der Waals surface area contributed by atoms with E-state index in [1.165, 1.54) is 6.92 Å². The van der Waals surface area contributed by atoms with Crippen molar-refractivity contribution < 1.29 is 39.8 Å². The van der Waals surface area contributed by atoms with Crippen molar-refractivity contribution >= 4 is 111 Å². The maximum Gasteiger partial charge on any atom is 0.748 e. The molecular formula is C78H63BCl4N4O7S+. The number of hydrogen-bond donors (Lipinski definition) is 6. The number of aliphatic hydroxyl groups is 2. The molecule has 0 aliphatic carbocycles. The maximum atomic E-state index is 10.4. The highest BCUT2D eigenvalue weighted by Crippen LogP contribution is 2.46. The molecule has 1 radical (unpaired) electrons. The molecule has 17 heteroatoms. The molecule has 0 bridgehead atoms. The van der Waals surface area contributed by atoms with Crippen LogP contribution in [0.25, 0.3) is 65.3 Å². The number of benzene rings is 11. The Hall–Kier alpha value is -9.95. The van der Waals surface area contributed by atoms with Crippen molar-refractivity contribution in [3.63, 3.8) is 0 Å². The summed E-state index contributed by atoms with van der Waals surface area (Å²) >= 11 is 17.4. The zero-order valence-electron chi connectivity index (χ0n) is 50.9. The van der Waals surface area contributed by atoms with E-state index in [4.69, 9.17) is 44.7 Å². The first kappa shape index (κ1) is 70.9. The molecule has 3 atom stereocenters. The monoisotopic (exact) mass is 1350 g/mol. The fraction of sp³-hybridized carbons (Fsp3) is 0.0513. The number of rotatable bonds is 7. The molecule has 0 spiro atoms. The summed E-state index contributed by atoms with van der Waals surface area (Å²) in [5.74, 6) is 0.686. The third kappa shape index (κ3) is 17.5. The summed E-state index contributed by atoms with van der Waals surface area (Å²) in [7, 11) is 1.73. The molecule has 0 fully saturated rings. The van der Waals surface area contributed by atoms with Crippen molar-refractivity contribution in [1.29, 1.82) is 5.26 Å². The fourth-order valence-electron chi connectivity index (χ4n) is 10.7. The van der Waals surface area contributed by atoms with Gasteiger partial charge in [-0.15, -0.1) is 12.4 Å². The molecule has 1 unspecified atom stereocenters. The summed E-state index contributed by atoms with van der Waals surface area (Å²) in [6, 6.07) is 86.4. The summed E-state index contributed by atoms with van der Waals surface area (Å²) in [6.07, 6.45) is 3.89. The van der Waals surface area contributed by atoms with E-state index in [2.05, 4.69) is 16.0 Å². The van der Waals surface area contributed by atoms with Gasteiger partial charge in [-0.2, -0.15) is 18.8 Å². The minimum absolute atomic E-state index is 0. The van der Waals surface area contributed by atoms with Crippen molar-refractivity contribution in [1.82, 2.24) is 9.97 Å². The Morgan fingerprint density at radius 1 is 0.421 bits per heavy atom. The lowest BCUT2D eigenvalue weighted by Crippen LogP contribution is -2.38. The van der Waals surface area contributed by atoms with Crippen LogP contribution < -0.4 is 4.48 Å². The first-order valence-corrected chi connectivity index (χ1v) is 30.5. The molecule has 3 aromatic heterocycles. The van der Waals surface area contributed by atoms with Crippen LogP contribution in [0.1, 0.15) is 59.0 Å². The highest BCUT2D eigenvalue weighted by molar-refractivity contribution is 7.59. The van der Waals surface area contributed by atoms with Gasteiger partial charge >= 0.3 is 7.62 Å². The van der Waals surface area contributed by atoms with Crippen molar-refractivity contribution in [3.8, 4) is 51.3 Å². The van der Waals surface area contributed by atoms with Gasteiger partial charge in [0.2, 0.25) is 0 Å². The Labute approximate surface area is 579 Å². The number of hydrogen-bond acceptors (Lipinski definition) is 10. The Balaban J connectivity index is 0.000000151. The van der Waals surface area contributed by atoms with E-state index in [0.29, 0.717) is 43.7 Å². The van der Waals surface area contributed by atoms with Gasteiger partial charge in [0.1, 0.15) is 41.4 Å². The van der Waals surface area contributed by atoms with Gasteiger partial charge in [0.05, 0.1) is 17.5 Å². The summed E-state index contributed by atoms with van der Waals surface area (Å²) < 4.78 is 7.63. The van der Waals surface area contributed by atoms with Gasteiger partial charge in [-0.3, -0.25) is 14.4 Å². The summed E-state index contributed by atoms with van der Waals surface area (Å²) in [5, 5.41) is 78.9. The number of aliphatic hydroxyl groups excluding tert-OH is 2. The second-order valence-electron chi connectivity index (χ2n) is 21.1. The van der Waals surface area contributed by atoms with Gasteiger partial charge in [-0.05, 0) is 151 Å². The number of phenolic OH excluding ortho intramolecular Hbond substituents is 4. The molecular weight excluding hydrogens is 1290 g/mol. The van der Waals surface area contributed by atoms with Gasteiger partial charge in [-0.25, -0.2) is 0 Å². The molecule has 11 nitrogen and oxygen atoms in total. The van der Waals surface area contributed by atoms with E-state index in [-0.39, 0.29) is 55.0 Å². The zero-order chi connectivity index (χ0) is 65.2. The van der Waals surface area contributed by atoms with Crippen LogP contribution in [0.15, 0.2) is 292 Å². The van der Waals surface area contributed by atoms with E-state index >= 15 is 0 Å². The van der Waals surface area contributed by atoms with Gasteiger partial charge in [0, 0.05) is 62.7 Å². The lowest BCUT2D eigenvalue weighted by Gasteiger charge is -2.14. The van der Waals surface area contributed by atoms with Crippen LogP contribution in [-0.2, 0) is 4.65 Å². The van der Waals surface area contributed by atoms with E-state index in [9.17, 15) is 30.6 Å². The molecule has 473 valence electrons. The highest BCUT2D eigenvalue weighted by Gasteiger charge is 2.35. The topological polar surface area (TPSA) is 184 Å². The molecule has 1 aliphatic rings. The quantitative estimate of drug-likeness (QED) is 0.0840. The minimum Gasteiger partial charge on any atom is -0.507 e. The van der Waals surface area contributed by atoms with Crippen molar-refractivity contribution in [2.24, 2.45) is 0 Å². The molecule has 95 heavy (non-hydrogen) atoms. The molecule has 4 heterocycles. The average molecular weight is 1350 g/mol. The number of fused-ring (bicyclic) bond motifs is 5. The Kier molecular flexibility index (Phi) is 25.6. The van der Waals surface area contributed by atoms with Crippen LogP contribution in [0.2, 0.25) is 15.1 Å². The standard InChI is InChI=1S/2C20H14O2.C12H9BClNO.2C12H10ClNO.C2H3N.ClH.H2S/c2*21-17-11-9-13-5-1-3-7-15(13)19(17)20-16-8-4-2-6-14(16)10-12-18(20)22;14-10-6-4-9(5-7-10)12-11-3-1-2-8-15(11)13-16-12;2*13-10-6-4-9(5-7-10)12(15)11-3-1-2-8-14-11;1-2-3;;/h2*1-12,21-22H;1-8,12H;2*1-8,12,15H;1H3;1H;1H2/q;;+1;;;;;/t;;2*12-;;;;/m..00..../s1. The lowest BCUT2D eigenvalue weighted by molar-refractivity contribution is -0.535. The average Bonchev–Trinajstić information content (AvgIpc) is 1.61. The van der Waals surface area contributed by atoms with Gasteiger partial charge in [0.25, 0.3) is 0 Å². The SMILES string of the molecule is CC#N.Cl.Clc1ccc([C@@H]2O[B][n+]3ccccc32)cc1.OC(c1ccc(Cl)cc1)c1ccccn1.O[C@@H](c1ccc(Cl)cc1)c1ccccn1.Oc1ccc2ccccc2c1-c1c(O)ccc2ccccc12.Oc1ccc2ccccc2c1-c1c(O)ccc2ccccc12.S. The lowest BCUT2D eigenvalue weighted by atomic mass is 9.92. The number of halogens is 4. The molecule has 0 saturated carbocycles. The number of aromatic hydroxyl groups is 4. The predicted molar refractivity (Wildman–Crippen MR) is 391 cm³/mol. The molecule has 0 amide bonds. The smallest absolute Gasteiger partial charge is 0.507 e.